The van der Waals surface area contributed by atoms with E-state index in [9.17, 15) is 4.79 Å². The van der Waals surface area contributed by atoms with Crippen LogP contribution in [0.2, 0.25) is 10.0 Å². The molecule has 1 N–H and O–H groups in total. The van der Waals surface area contributed by atoms with E-state index in [2.05, 4.69) is 15.4 Å². The molecule has 0 fully saturated rings. The Hall–Kier alpha value is -2.83. The number of rotatable bonds is 4. The molecule has 0 spiro atoms. The lowest BCUT2D eigenvalue weighted by atomic mass is 9.93. The molecule has 0 saturated heterocycles. The number of nitrogens with zero attached hydrogens (tertiary/aromatic N) is 3. The second-order valence-electron chi connectivity index (χ2n) is 6.10. The molecule has 0 bridgehead atoms. The van der Waals surface area contributed by atoms with Crippen LogP contribution in [0.5, 0.6) is 0 Å². The molecular formula is C20H16Cl2N4O2. The Labute approximate surface area is 171 Å². The number of benzene rings is 2. The van der Waals surface area contributed by atoms with E-state index in [-0.39, 0.29) is 6.61 Å². The third kappa shape index (κ3) is 3.25. The lowest BCUT2D eigenvalue weighted by molar-refractivity contribution is -0.138. The average molecular weight is 415 g/mol. The Bertz CT molecular complexity index is 1060. The van der Waals surface area contributed by atoms with Crippen LogP contribution >= 0.6 is 23.2 Å². The van der Waals surface area contributed by atoms with E-state index in [0.717, 1.165) is 5.56 Å². The number of carbonyl (C=O) groups is 1. The molecule has 0 amide bonds. The summed E-state index contributed by atoms with van der Waals surface area (Å²) in [5.74, 6) is 0.0499. The topological polar surface area (TPSA) is 69.0 Å². The highest BCUT2D eigenvalue weighted by Crippen LogP contribution is 2.41. The summed E-state index contributed by atoms with van der Waals surface area (Å²) in [5.41, 5.74) is 2.51. The monoisotopic (exact) mass is 414 g/mol. The number of halogens is 2. The second-order valence-corrected chi connectivity index (χ2v) is 6.94. The fraction of sp³-hybridized carbons (Fsp3) is 0.150. The zero-order chi connectivity index (χ0) is 19.7. The van der Waals surface area contributed by atoms with Gasteiger partial charge in [-0.3, -0.25) is 0 Å². The van der Waals surface area contributed by atoms with E-state index < -0.39 is 12.0 Å². The molecule has 1 atom stereocenters. The van der Waals surface area contributed by atoms with Gasteiger partial charge in [0.05, 0.1) is 17.9 Å². The van der Waals surface area contributed by atoms with Crippen molar-refractivity contribution < 1.29 is 9.53 Å². The maximum absolute atomic E-state index is 13.0. The van der Waals surface area contributed by atoms with Crippen LogP contribution in [0.1, 0.15) is 24.1 Å². The molecule has 6 nitrogen and oxygen atoms in total. The summed E-state index contributed by atoms with van der Waals surface area (Å²) in [6, 6.07) is 14.1. The average Bonchev–Trinajstić information content (AvgIpc) is 3.16. The first-order valence-corrected chi connectivity index (χ1v) is 9.44. The van der Waals surface area contributed by atoms with Gasteiger partial charge in [0, 0.05) is 15.6 Å². The number of hydrogen-bond donors (Lipinski definition) is 1. The summed E-state index contributed by atoms with van der Waals surface area (Å²) in [6.07, 6.45) is 1.43. The fourth-order valence-corrected chi connectivity index (χ4v) is 3.74. The number of ether oxygens (including phenoxy) is 1. The van der Waals surface area contributed by atoms with E-state index in [0.29, 0.717) is 32.8 Å². The summed E-state index contributed by atoms with van der Waals surface area (Å²) in [5, 5.41) is 8.45. The predicted octanol–water partition coefficient (Wildman–Crippen LogP) is 4.57. The van der Waals surface area contributed by atoms with Crippen LogP contribution in [0, 0.1) is 0 Å². The fourth-order valence-electron chi connectivity index (χ4n) is 3.23. The minimum absolute atomic E-state index is 0.246. The maximum Gasteiger partial charge on any atom is 0.338 e. The van der Waals surface area contributed by atoms with Gasteiger partial charge in [-0.1, -0.05) is 59.6 Å². The molecule has 1 aromatic heterocycles. The highest BCUT2D eigenvalue weighted by molar-refractivity contribution is 6.35. The van der Waals surface area contributed by atoms with Crippen LogP contribution in [0.25, 0.3) is 5.70 Å². The van der Waals surface area contributed by atoms with Gasteiger partial charge in [-0.25, -0.2) is 9.48 Å². The van der Waals surface area contributed by atoms with E-state index >= 15 is 0 Å². The Kier molecular flexibility index (Phi) is 5.07. The predicted molar refractivity (Wildman–Crippen MR) is 108 cm³/mol. The zero-order valence-corrected chi connectivity index (χ0v) is 16.4. The van der Waals surface area contributed by atoms with Gasteiger partial charge in [0.15, 0.2) is 0 Å². The molecule has 2 heterocycles. The van der Waals surface area contributed by atoms with Crippen LogP contribution in [-0.4, -0.2) is 27.3 Å². The molecular weight excluding hydrogens is 399 g/mol. The maximum atomic E-state index is 13.0. The summed E-state index contributed by atoms with van der Waals surface area (Å²) >= 11 is 12.6. The number of fused-ring (bicyclic) bond motifs is 1. The van der Waals surface area contributed by atoms with E-state index in [1.54, 1.807) is 29.8 Å². The highest BCUT2D eigenvalue weighted by Gasteiger charge is 2.37. The van der Waals surface area contributed by atoms with Crippen molar-refractivity contribution in [3.8, 4) is 0 Å². The number of carbonyl (C=O) groups excluding carboxylic acids is 1. The first-order valence-electron chi connectivity index (χ1n) is 8.68. The molecule has 3 aromatic rings. The first-order chi connectivity index (χ1) is 13.6. The Morgan fingerprint density at radius 1 is 1.21 bits per heavy atom. The standard InChI is InChI=1S/C20H16Cl2N4O2/c1-2-28-19(27)16-17(12-6-4-3-5-7-12)25-20-23-11-24-26(20)18(16)14-9-8-13(21)10-15(14)22/h3-11,18H,2H2,1H3,(H,23,24,25)/t18-/m0/s1. The van der Waals surface area contributed by atoms with Crippen LogP contribution in [0.3, 0.4) is 0 Å². The van der Waals surface area contributed by atoms with Gasteiger partial charge in [0.25, 0.3) is 0 Å². The van der Waals surface area contributed by atoms with Gasteiger partial charge in [-0.2, -0.15) is 10.1 Å². The van der Waals surface area contributed by atoms with Gasteiger partial charge >= 0.3 is 5.97 Å². The summed E-state index contributed by atoms with van der Waals surface area (Å²) in [6.45, 7) is 2.01. The molecule has 0 aliphatic carbocycles. The summed E-state index contributed by atoms with van der Waals surface area (Å²) < 4.78 is 6.99. The van der Waals surface area contributed by atoms with Gasteiger partial charge in [0.1, 0.15) is 12.4 Å². The van der Waals surface area contributed by atoms with Gasteiger partial charge in [-0.15, -0.1) is 0 Å². The van der Waals surface area contributed by atoms with Crippen LogP contribution in [0.4, 0.5) is 5.95 Å². The van der Waals surface area contributed by atoms with Crippen molar-refractivity contribution in [2.45, 2.75) is 13.0 Å². The largest absolute Gasteiger partial charge is 0.463 e. The molecule has 142 valence electrons. The van der Waals surface area contributed by atoms with E-state index in [1.165, 1.54) is 6.33 Å². The van der Waals surface area contributed by atoms with Crippen molar-refractivity contribution in [3.63, 3.8) is 0 Å². The second kappa shape index (κ2) is 7.66. The highest BCUT2D eigenvalue weighted by atomic mass is 35.5. The zero-order valence-electron chi connectivity index (χ0n) is 14.9. The molecule has 8 heteroatoms. The molecule has 0 radical (unpaired) electrons. The summed E-state index contributed by atoms with van der Waals surface area (Å²) in [4.78, 5) is 17.3. The summed E-state index contributed by atoms with van der Waals surface area (Å²) in [7, 11) is 0. The number of anilines is 1. The molecule has 28 heavy (non-hydrogen) atoms. The number of nitrogens with one attached hydrogen (secondary N) is 1. The third-order valence-electron chi connectivity index (χ3n) is 4.41. The molecule has 2 aromatic carbocycles. The van der Waals surface area contributed by atoms with Crippen molar-refractivity contribution >= 4 is 40.8 Å². The van der Waals surface area contributed by atoms with Crippen LogP contribution in [-0.2, 0) is 9.53 Å². The number of esters is 1. The number of hydrogen-bond acceptors (Lipinski definition) is 5. The van der Waals surface area contributed by atoms with Crippen molar-refractivity contribution in [2.24, 2.45) is 0 Å². The first kappa shape index (κ1) is 18.5. The van der Waals surface area contributed by atoms with Gasteiger partial charge in [-0.05, 0) is 24.6 Å². The SMILES string of the molecule is CCOC(=O)C1=C(c2ccccc2)Nc2ncnn2[C@H]1c1ccc(Cl)cc1Cl. The Morgan fingerprint density at radius 3 is 2.71 bits per heavy atom. The molecule has 0 saturated carbocycles. The quantitative estimate of drug-likeness (QED) is 0.632. The lowest BCUT2D eigenvalue weighted by Crippen LogP contribution is -2.30. The molecule has 1 aliphatic heterocycles. The number of aromatic nitrogens is 3. The van der Waals surface area contributed by atoms with E-state index in [1.807, 2.05) is 30.3 Å². The minimum Gasteiger partial charge on any atom is -0.463 e. The normalized spacial score (nSPS) is 15.8. The van der Waals surface area contributed by atoms with Crippen LogP contribution < -0.4 is 5.32 Å². The molecule has 1 aliphatic rings. The lowest BCUT2D eigenvalue weighted by Gasteiger charge is -2.30. The third-order valence-corrected chi connectivity index (χ3v) is 4.97. The van der Waals surface area contributed by atoms with Crippen molar-refractivity contribution in [3.05, 3.63) is 81.6 Å². The van der Waals surface area contributed by atoms with Gasteiger partial charge in [0.2, 0.25) is 5.95 Å². The van der Waals surface area contributed by atoms with Crippen molar-refractivity contribution in [1.29, 1.82) is 0 Å². The van der Waals surface area contributed by atoms with Crippen molar-refractivity contribution in [1.82, 2.24) is 14.8 Å². The minimum atomic E-state index is -0.613. The van der Waals surface area contributed by atoms with Gasteiger partial charge < -0.3 is 10.1 Å². The Morgan fingerprint density at radius 2 is 2.00 bits per heavy atom. The van der Waals surface area contributed by atoms with Crippen molar-refractivity contribution in [2.75, 3.05) is 11.9 Å². The molecule has 0 unspecified atom stereocenters. The molecule has 4 rings (SSSR count). The Balaban J connectivity index is 1.99. The van der Waals surface area contributed by atoms with E-state index in [4.69, 9.17) is 27.9 Å². The smallest absolute Gasteiger partial charge is 0.338 e. The van der Waals surface area contributed by atoms with Crippen LogP contribution in [0.15, 0.2) is 60.4 Å².